The summed E-state index contributed by atoms with van der Waals surface area (Å²) < 4.78 is 0. The smallest absolute Gasteiger partial charge is 0.327 e. The van der Waals surface area contributed by atoms with Crippen LogP contribution in [0.15, 0.2) is 30.3 Å². The fourth-order valence-corrected chi connectivity index (χ4v) is 2.54. The van der Waals surface area contributed by atoms with Crippen LogP contribution < -0.4 is 16.0 Å². The lowest BCUT2D eigenvalue weighted by Gasteiger charge is -2.40. The van der Waals surface area contributed by atoms with Crippen LogP contribution in [0, 0.1) is 0 Å². The largest absolute Gasteiger partial charge is 0.329 e. The van der Waals surface area contributed by atoms with E-state index in [1.54, 1.807) is 24.3 Å². The normalized spacial score (nSPS) is 31.6. The van der Waals surface area contributed by atoms with Crippen molar-refractivity contribution in [2.24, 2.45) is 5.73 Å². The number of urea groups is 1. The van der Waals surface area contributed by atoms with Crippen molar-refractivity contribution in [3.8, 4) is 0 Å². The number of imide groups is 1. The van der Waals surface area contributed by atoms with Crippen molar-refractivity contribution in [1.29, 1.82) is 0 Å². The van der Waals surface area contributed by atoms with Crippen LogP contribution in [0.2, 0.25) is 0 Å². The lowest BCUT2D eigenvalue weighted by molar-refractivity contribution is -0.125. The van der Waals surface area contributed by atoms with Gasteiger partial charge in [-0.1, -0.05) is 18.2 Å². The molecule has 88 valence electrons. The lowest BCUT2D eigenvalue weighted by atomic mass is 9.73. The summed E-state index contributed by atoms with van der Waals surface area (Å²) in [6, 6.07) is 8.59. The van der Waals surface area contributed by atoms with Crippen LogP contribution in [0.25, 0.3) is 0 Å². The van der Waals surface area contributed by atoms with E-state index in [0.29, 0.717) is 18.5 Å². The first-order valence-corrected chi connectivity index (χ1v) is 5.60. The van der Waals surface area contributed by atoms with Crippen LogP contribution in [0.3, 0.4) is 0 Å². The topological polar surface area (TPSA) is 75.4 Å². The predicted molar refractivity (Wildman–Crippen MR) is 62.4 cm³/mol. The predicted octanol–water partition coefficient (Wildman–Crippen LogP) is 0.603. The quantitative estimate of drug-likeness (QED) is 0.695. The molecule has 0 atom stereocenters. The highest BCUT2D eigenvalue weighted by Crippen LogP contribution is 2.38. The molecular weight excluding hydrogens is 218 g/mol. The third-order valence-corrected chi connectivity index (χ3v) is 3.40. The van der Waals surface area contributed by atoms with Crippen molar-refractivity contribution in [3.05, 3.63) is 30.3 Å². The van der Waals surface area contributed by atoms with Crippen molar-refractivity contribution in [3.63, 3.8) is 0 Å². The Balaban J connectivity index is 1.93. The van der Waals surface area contributed by atoms with Gasteiger partial charge in [-0.15, -0.1) is 0 Å². The third-order valence-electron chi connectivity index (χ3n) is 3.40. The monoisotopic (exact) mass is 231 g/mol. The SMILES string of the molecule is NC1CC2(C1)NC(=O)N(c1ccccc1)C2=O. The summed E-state index contributed by atoms with van der Waals surface area (Å²) in [4.78, 5) is 25.3. The van der Waals surface area contributed by atoms with Gasteiger partial charge in [0.25, 0.3) is 5.91 Å². The van der Waals surface area contributed by atoms with Crippen molar-refractivity contribution in [1.82, 2.24) is 5.32 Å². The maximum Gasteiger partial charge on any atom is 0.329 e. The molecule has 2 aliphatic rings. The molecule has 1 spiro atoms. The fraction of sp³-hybridized carbons (Fsp3) is 0.333. The van der Waals surface area contributed by atoms with Gasteiger partial charge >= 0.3 is 6.03 Å². The molecule has 0 radical (unpaired) electrons. The summed E-state index contributed by atoms with van der Waals surface area (Å²) in [6.45, 7) is 0. The van der Waals surface area contributed by atoms with E-state index in [1.165, 1.54) is 4.90 Å². The Hall–Kier alpha value is -1.88. The van der Waals surface area contributed by atoms with Gasteiger partial charge in [-0.3, -0.25) is 4.79 Å². The average molecular weight is 231 g/mol. The van der Waals surface area contributed by atoms with E-state index in [2.05, 4.69) is 5.32 Å². The first-order valence-electron chi connectivity index (χ1n) is 5.60. The highest BCUT2D eigenvalue weighted by atomic mass is 16.2. The number of nitrogens with zero attached hydrogens (tertiary/aromatic N) is 1. The molecule has 1 saturated carbocycles. The van der Waals surface area contributed by atoms with Crippen molar-refractivity contribution in [2.75, 3.05) is 4.90 Å². The third kappa shape index (κ3) is 1.36. The minimum absolute atomic E-state index is 0.00923. The Kier molecular flexibility index (Phi) is 2.00. The first kappa shape index (κ1) is 10.3. The van der Waals surface area contributed by atoms with Gasteiger partial charge in [0.15, 0.2) is 0 Å². The number of hydrogen-bond donors (Lipinski definition) is 2. The molecule has 17 heavy (non-hydrogen) atoms. The lowest BCUT2D eigenvalue weighted by Crippen LogP contribution is -2.61. The molecule has 3 rings (SSSR count). The molecule has 2 fully saturated rings. The Morgan fingerprint density at radius 2 is 1.88 bits per heavy atom. The maximum absolute atomic E-state index is 12.3. The van der Waals surface area contributed by atoms with Crippen LogP contribution in [0.1, 0.15) is 12.8 Å². The Morgan fingerprint density at radius 1 is 1.24 bits per heavy atom. The first-order chi connectivity index (χ1) is 8.12. The van der Waals surface area contributed by atoms with E-state index in [0.717, 1.165) is 0 Å². The highest BCUT2D eigenvalue weighted by Gasteiger charge is 2.58. The molecule has 3 N–H and O–H groups in total. The van der Waals surface area contributed by atoms with Gasteiger partial charge in [-0.25, -0.2) is 9.69 Å². The molecule has 1 aliphatic carbocycles. The van der Waals surface area contributed by atoms with Gasteiger partial charge in [0.05, 0.1) is 5.69 Å². The summed E-state index contributed by atoms with van der Waals surface area (Å²) in [5.74, 6) is -0.185. The number of hydrogen-bond acceptors (Lipinski definition) is 3. The van der Waals surface area contributed by atoms with Gasteiger partial charge in [-0.05, 0) is 25.0 Å². The van der Waals surface area contributed by atoms with E-state index in [9.17, 15) is 9.59 Å². The van der Waals surface area contributed by atoms with Crippen LogP contribution >= 0.6 is 0 Å². The zero-order chi connectivity index (χ0) is 12.0. The number of anilines is 1. The number of carbonyl (C=O) groups excluding carboxylic acids is 2. The molecule has 1 saturated heterocycles. The zero-order valence-electron chi connectivity index (χ0n) is 9.22. The molecule has 1 aliphatic heterocycles. The molecule has 3 amide bonds. The molecule has 1 aromatic rings. The summed E-state index contributed by atoms with van der Waals surface area (Å²) in [5, 5.41) is 2.75. The van der Waals surface area contributed by atoms with Crippen LogP contribution in [0.4, 0.5) is 10.5 Å². The summed E-state index contributed by atoms with van der Waals surface area (Å²) >= 11 is 0. The molecule has 5 nitrogen and oxygen atoms in total. The summed E-state index contributed by atoms with van der Waals surface area (Å²) in [5.41, 5.74) is 5.56. The summed E-state index contributed by atoms with van der Waals surface area (Å²) in [7, 11) is 0. The Labute approximate surface area is 98.6 Å². The number of amides is 3. The molecule has 0 bridgehead atoms. The Bertz CT molecular complexity index is 480. The second-order valence-electron chi connectivity index (χ2n) is 4.66. The van der Waals surface area contributed by atoms with Crippen LogP contribution in [0.5, 0.6) is 0 Å². The number of para-hydroxylation sites is 1. The van der Waals surface area contributed by atoms with Crippen molar-refractivity contribution >= 4 is 17.6 Å². The van der Waals surface area contributed by atoms with Gasteiger partial charge < -0.3 is 11.1 Å². The summed E-state index contributed by atoms with van der Waals surface area (Å²) in [6.07, 6.45) is 1.06. The Morgan fingerprint density at radius 3 is 2.47 bits per heavy atom. The molecule has 1 heterocycles. The molecular formula is C12H13N3O2. The highest BCUT2D eigenvalue weighted by molar-refractivity contribution is 6.23. The standard InChI is InChI=1S/C12H13N3O2/c13-8-6-12(7-8)10(16)15(11(17)14-12)9-4-2-1-3-5-9/h1-5,8H,6-7,13H2,(H,14,17). The van der Waals surface area contributed by atoms with Crippen molar-refractivity contribution < 1.29 is 9.59 Å². The average Bonchev–Trinajstić information content (AvgIpc) is 2.52. The number of rotatable bonds is 1. The molecule has 0 unspecified atom stereocenters. The van der Waals surface area contributed by atoms with Gasteiger partial charge in [0.2, 0.25) is 0 Å². The van der Waals surface area contributed by atoms with Gasteiger partial charge in [0.1, 0.15) is 5.54 Å². The van der Waals surface area contributed by atoms with E-state index in [1.807, 2.05) is 6.07 Å². The number of nitrogens with one attached hydrogen (secondary N) is 1. The minimum atomic E-state index is -0.744. The van der Waals surface area contributed by atoms with Crippen LogP contribution in [-0.4, -0.2) is 23.5 Å². The fourth-order valence-electron chi connectivity index (χ4n) is 2.54. The maximum atomic E-state index is 12.3. The van der Waals surface area contributed by atoms with Gasteiger partial charge in [0, 0.05) is 6.04 Å². The molecule has 1 aromatic carbocycles. The minimum Gasteiger partial charge on any atom is -0.327 e. The number of carbonyl (C=O) groups is 2. The van der Waals surface area contributed by atoms with E-state index < -0.39 is 5.54 Å². The molecule has 5 heteroatoms. The van der Waals surface area contributed by atoms with Crippen molar-refractivity contribution in [2.45, 2.75) is 24.4 Å². The second-order valence-corrected chi connectivity index (χ2v) is 4.66. The zero-order valence-corrected chi connectivity index (χ0v) is 9.22. The number of nitrogens with two attached hydrogens (primary N) is 1. The molecule has 0 aromatic heterocycles. The van der Waals surface area contributed by atoms with Crippen LogP contribution in [-0.2, 0) is 4.79 Å². The van der Waals surface area contributed by atoms with Gasteiger partial charge in [-0.2, -0.15) is 0 Å². The van der Waals surface area contributed by atoms with E-state index in [-0.39, 0.29) is 18.0 Å². The van der Waals surface area contributed by atoms with E-state index >= 15 is 0 Å². The second kappa shape index (κ2) is 3.30. The number of benzene rings is 1. The van der Waals surface area contributed by atoms with E-state index in [4.69, 9.17) is 5.73 Å².